The molecule has 4 rings (SSSR count). The van der Waals surface area contributed by atoms with Gasteiger partial charge in [-0.15, -0.1) is 0 Å². The second-order valence-corrected chi connectivity index (χ2v) is 10.4. The lowest BCUT2D eigenvalue weighted by atomic mass is 9.85. The standard InChI is InChI=1S/C22H27N3O5S/c1-15-7-8-16(2)19(13-15)31(29,30)24-11-9-23(10-12-24)20(26)14-25-21(27)17-5-3-4-6-18(17)22(25)28/h3-4,7-8,13,17-18H,5-6,9-12,14H2,1-2H3/t17-,18+. The minimum absolute atomic E-state index is 0.179. The van der Waals surface area contributed by atoms with Crippen LogP contribution in [0.1, 0.15) is 24.0 Å². The molecule has 2 fully saturated rings. The van der Waals surface area contributed by atoms with Crippen molar-refractivity contribution < 1.29 is 22.8 Å². The maximum atomic E-state index is 13.1. The van der Waals surface area contributed by atoms with Gasteiger partial charge in [0.15, 0.2) is 0 Å². The molecule has 0 aromatic heterocycles. The molecule has 3 aliphatic rings. The van der Waals surface area contributed by atoms with Gasteiger partial charge in [0.2, 0.25) is 27.7 Å². The molecule has 0 radical (unpaired) electrons. The number of piperazine rings is 1. The average Bonchev–Trinajstić information content (AvgIpc) is 3.00. The molecule has 0 bridgehead atoms. The number of hydrogen-bond donors (Lipinski definition) is 0. The summed E-state index contributed by atoms with van der Waals surface area (Å²) >= 11 is 0. The van der Waals surface area contributed by atoms with E-state index in [2.05, 4.69) is 0 Å². The number of amides is 3. The summed E-state index contributed by atoms with van der Waals surface area (Å²) in [4.78, 5) is 40.8. The van der Waals surface area contributed by atoms with Gasteiger partial charge < -0.3 is 4.90 Å². The lowest BCUT2D eigenvalue weighted by Gasteiger charge is -2.35. The summed E-state index contributed by atoms with van der Waals surface area (Å²) in [6.45, 7) is 4.16. The second kappa shape index (κ2) is 8.20. The summed E-state index contributed by atoms with van der Waals surface area (Å²) < 4.78 is 27.5. The number of imide groups is 1. The molecule has 1 aromatic carbocycles. The summed E-state index contributed by atoms with van der Waals surface area (Å²) in [6, 6.07) is 5.33. The van der Waals surface area contributed by atoms with Crippen molar-refractivity contribution in [2.45, 2.75) is 31.6 Å². The number of allylic oxidation sites excluding steroid dienone is 2. The average molecular weight is 446 g/mol. The highest BCUT2D eigenvalue weighted by atomic mass is 32.2. The zero-order valence-electron chi connectivity index (χ0n) is 17.8. The molecule has 8 nitrogen and oxygen atoms in total. The molecule has 1 aliphatic carbocycles. The molecule has 0 N–H and O–H groups in total. The van der Waals surface area contributed by atoms with E-state index >= 15 is 0 Å². The van der Waals surface area contributed by atoms with Gasteiger partial charge in [-0.25, -0.2) is 8.42 Å². The van der Waals surface area contributed by atoms with Gasteiger partial charge in [-0.3, -0.25) is 19.3 Å². The zero-order valence-corrected chi connectivity index (χ0v) is 18.6. The molecule has 2 atom stereocenters. The fourth-order valence-corrected chi connectivity index (χ4v) is 6.29. The van der Waals surface area contributed by atoms with Crippen LogP contribution >= 0.6 is 0 Å². The topological polar surface area (TPSA) is 95.1 Å². The molecule has 1 aromatic rings. The van der Waals surface area contributed by atoms with E-state index in [4.69, 9.17) is 0 Å². The Morgan fingerprint density at radius 3 is 2.13 bits per heavy atom. The van der Waals surface area contributed by atoms with Crippen LogP contribution in [0.15, 0.2) is 35.2 Å². The Balaban J connectivity index is 1.39. The summed E-state index contributed by atoms with van der Waals surface area (Å²) in [5, 5.41) is 0. The van der Waals surface area contributed by atoms with E-state index in [1.54, 1.807) is 19.1 Å². The molecule has 0 unspecified atom stereocenters. The van der Waals surface area contributed by atoms with E-state index in [1.165, 1.54) is 9.21 Å². The number of aryl methyl sites for hydroxylation is 2. The molecule has 9 heteroatoms. The Hall–Kier alpha value is -2.52. The molecular formula is C22H27N3O5S. The number of carbonyl (C=O) groups is 3. The minimum Gasteiger partial charge on any atom is -0.338 e. The van der Waals surface area contributed by atoms with Gasteiger partial charge in [0.1, 0.15) is 6.54 Å². The van der Waals surface area contributed by atoms with Gasteiger partial charge in [0.05, 0.1) is 16.7 Å². The maximum absolute atomic E-state index is 13.1. The normalized spacial score (nSPS) is 24.6. The van der Waals surface area contributed by atoms with E-state index < -0.39 is 10.0 Å². The monoisotopic (exact) mass is 445 g/mol. The molecule has 2 heterocycles. The van der Waals surface area contributed by atoms with E-state index in [0.717, 1.165) is 10.5 Å². The molecule has 2 aliphatic heterocycles. The van der Waals surface area contributed by atoms with Crippen LogP contribution in [0.25, 0.3) is 0 Å². The maximum Gasteiger partial charge on any atom is 0.243 e. The number of rotatable bonds is 4. The molecule has 2 saturated heterocycles. The highest BCUT2D eigenvalue weighted by molar-refractivity contribution is 7.89. The summed E-state index contributed by atoms with van der Waals surface area (Å²) in [7, 11) is -3.65. The third-order valence-corrected chi connectivity index (χ3v) is 8.49. The molecule has 0 spiro atoms. The van der Waals surface area contributed by atoms with Crippen molar-refractivity contribution in [2.24, 2.45) is 11.8 Å². The Morgan fingerprint density at radius 2 is 1.55 bits per heavy atom. The highest BCUT2D eigenvalue weighted by Gasteiger charge is 2.48. The molecule has 0 saturated carbocycles. The predicted octanol–water partition coefficient (Wildman–Crippen LogP) is 1.09. The smallest absolute Gasteiger partial charge is 0.243 e. The van der Waals surface area contributed by atoms with Crippen LogP contribution in [-0.4, -0.2) is 73.0 Å². The fourth-order valence-electron chi connectivity index (χ4n) is 4.56. The number of likely N-dealkylation sites (tertiary alicyclic amines) is 1. The summed E-state index contributed by atoms with van der Waals surface area (Å²) in [6.07, 6.45) is 4.89. The SMILES string of the molecule is Cc1ccc(C)c(S(=O)(=O)N2CCN(C(=O)CN3C(=O)[C@H]4CC=CC[C@H]4C3=O)CC2)c1. The molecule has 31 heavy (non-hydrogen) atoms. The van der Waals surface area contributed by atoms with Crippen LogP contribution in [0.2, 0.25) is 0 Å². The minimum atomic E-state index is -3.65. The summed E-state index contributed by atoms with van der Waals surface area (Å²) in [5.41, 5.74) is 1.56. The fraction of sp³-hybridized carbons (Fsp3) is 0.500. The lowest BCUT2D eigenvalue weighted by Crippen LogP contribution is -2.53. The van der Waals surface area contributed by atoms with Crippen molar-refractivity contribution in [3.63, 3.8) is 0 Å². The van der Waals surface area contributed by atoms with Crippen molar-refractivity contribution in [3.8, 4) is 0 Å². The number of fused-ring (bicyclic) bond motifs is 1. The van der Waals surface area contributed by atoms with Gasteiger partial charge in [0.25, 0.3) is 0 Å². The van der Waals surface area contributed by atoms with Crippen LogP contribution in [0.3, 0.4) is 0 Å². The first kappa shape index (κ1) is 21.7. The number of sulfonamides is 1. The number of carbonyl (C=O) groups excluding carboxylic acids is 3. The van der Waals surface area contributed by atoms with Crippen molar-refractivity contribution in [1.29, 1.82) is 0 Å². The predicted molar refractivity (Wildman–Crippen MR) is 113 cm³/mol. The summed E-state index contributed by atoms with van der Waals surface area (Å²) in [5.74, 6) is -1.58. The van der Waals surface area contributed by atoms with Gasteiger partial charge in [-0.1, -0.05) is 24.3 Å². The Bertz CT molecular complexity index is 1030. The quantitative estimate of drug-likeness (QED) is 0.511. The first-order valence-corrected chi connectivity index (χ1v) is 12.0. The van der Waals surface area contributed by atoms with Gasteiger partial charge >= 0.3 is 0 Å². The van der Waals surface area contributed by atoms with Crippen LogP contribution in [0, 0.1) is 25.7 Å². The van der Waals surface area contributed by atoms with Crippen LogP contribution in [0.4, 0.5) is 0 Å². The second-order valence-electron chi connectivity index (χ2n) is 8.47. The van der Waals surface area contributed by atoms with Gasteiger partial charge in [0, 0.05) is 26.2 Å². The van der Waals surface area contributed by atoms with Crippen LogP contribution in [0.5, 0.6) is 0 Å². The molecule has 166 valence electrons. The van der Waals surface area contributed by atoms with Crippen LogP contribution in [-0.2, 0) is 24.4 Å². The third-order valence-electron chi connectivity index (χ3n) is 6.45. The first-order valence-electron chi connectivity index (χ1n) is 10.6. The Labute approximate surface area is 182 Å². The van der Waals surface area contributed by atoms with Crippen molar-refractivity contribution >= 4 is 27.7 Å². The van der Waals surface area contributed by atoms with Crippen LogP contribution < -0.4 is 0 Å². The lowest BCUT2D eigenvalue weighted by molar-refractivity contribution is -0.147. The Kier molecular flexibility index (Phi) is 5.74. The van der Waals surface area contributed by atoms with E-state index in [0.29, 0.717) is 18.4 Å². The van der Waals surface area contributed by atoms with Crippen molar-refractivity contribution in [3.05, 3.63) is 41.5 Å². The van der Waals surface area contributed by atoms with Gasteiger partial charge in [-0.2, -0.15) is 4.31 Å². The molecular weight excluding hydrogens is 418 g/mol. The first-order chi connectivity index (χ1) is 14.7. The largest absolute Gasteiger partial charge is 0.338 e. The van der Waals surface area contributed by atoms with E-state index in [-0.39, 0.29) is 67.2 Å². The van der Waals surface area contributed by atoms with E-state index in [9.17, 15) is 22.8 Å². The number of hydrogen-bond acceptors (Lipinski definition) is 5. The third kappa shape index (κ3) is 3.92. The number of benzene rings is 1. The van der Waals surface area contributed by atoms with Crippen molar-refractivity contribution in [1.82, 2.24) is 14.1 Å². The van der Waals surface area contributed by atoms with Crippen molar-refractivity contribution in [2.75, 3.05) is 32.7 Å². The molecule has 3 amide bonds. The number of nitrogens with zero attached hydrogens (tertiary/aromatic N) is 3. The Morgan fingerprint density at radius 1 is 0.968 bits per heavy atom. The van der Waals surface area contributed by atoms with Gasteiger partial charge in [-0.05, 0) is 43.9 Å². The highest BCUT2D eigenvalue weighted by Crippen LogP contribution is 2.35. The zero-order chi connectivity index (χ0) is 22.3. The van der Waals surface area contributed by atoms with E-state index in [1.807, 2.05) is 25.1 Å².